The summed E-state index contributed by atoms with van der Waals surface area (Å²) >= 11 is 0. The Labute approximate surface area is 189 Å². The smallest absolute Gasteiger partial charge is 0.303 e. The van der Waals surface area contributed by atoms with Crippen LogP contribution < -0.4 is 5.32 Å². The lowest BCUT2D eigenvalue weighted by atomic mass is 9.91. The van der Waals surface area contributed by atoms with Gasteiger partial charge in [0.15, 0.2) is 5.78 Å². The van der Waals surface area contributed by atoms with E-state index in [-0.39, 0.29) is 30.3 Å². The Morgan fingerprint density at radius 1 is 1.06 bits per heavy atom. The molecule has 1 aromatic heterocycles. The van der Waals surface area contributed by atoms with Crippen LogP contribution in [0.1, 0.15) is 52.1 Å². The normalized spacial score (nSPS) is 16.0. The number of carbonyl (C=O) groups is 3. The standard InChI is InChI=1S/C26H21FN2O4/c27-16-7-4-14(5-8-16)15-6-9-17-19(26(33)29-21(17)12-15)13-22-18(10-11-24(31)32)25-20(28-22)2-1-3-23(25)30/h4-9,12-13,28H,1-3,10-11H2,(H,29,33)(H,31,32). The van der Waals surface area contributed by atoms with Crippen LogP contribution in [0.25, 0.3) is 22.8 Å². The average molecular weight is 444 g/mol. The van der Waals surface area contributed by atoms with Gasteiger partial charge < -0.3 is 15.4 Å². The van der Waals surface area contributed by atoms with Gasteiger partial charge in [-0.25, -0.2) is 4.39 Å². The minimum absolute atomic E-state index is 0.0118. The Balaban J connectivity index is 1.56. The number of Topliss-reactive ketones (excluding diaryl/α,β-unsaturated/α-hetero) is 1. The SMILES string of the molecule is O=C(O)CCc1c(C=C2C(=O)Nc3cc(-c4ccc(F)cc4)ccc32)[nH]c2c1C(=O)CCC2. The molecule has 1 amide bonds. The van der Waals surface area contributed by atoms with E-state index in [1.165, 1.54) is 12.1 Å². The highest BCUT2D eigenvalue weighted by atomic mass is 19.1. The number of carboxylic acid groups (broad SMARTS) is 1. The zero-order valence-electron chi connectivity index (χ0n) is 17.7. The van der Waals surface area contributed by atoms with Gasteiger partial charge in [-0.2, -0.15) is 0 Å². The molecule has 0 atom stereocenters. The van der Waals surface area contributed by atoms with E-state index in [0.29, 0.717) is 46.5 Å². The van der Waals surface area contributed by atoms with Crippen LogP contribution in [-0.4, -0.2) is 27.8 Å². The highest BCUT2D eigenvalue weighted by Crippen LogP contribution is 2.38. The molecule has 0 saturated heterocycles. The second-order valence-corrected chi connectivity index (χ2v) is 8.32. The Bertz CT molecular complexity index is 1340. The molecule has 6 nitrogen and oxygen atoms in total. The molecule has 2 heterocycles. The Morgan fingerprint density at radius 2 is 1.82 bits per heavy atom. The molecule has 33 heavy (non-hydrogen) atoms. The van der Waals surface area contributed by atoms with E-state index >= 15 is 0 Å². The third kappa shape index (κ3) is 3.86. The minimum Gasteiger partial charge on any atom is -0.481 e. The Kier molecular flexibility index (Phi) is 5.17. The van der Waals surface area contributed by atoms with Crippen LogP contribution in [0.4, 0.5) is 10.1 Å². The number of anilines is 1. The summed E-state index contributed by atoms with van der Waals surface area (Å²) < 4.78 is 13.3. The van der Waals surface area contributed by atoms with E-state index in [9.17, 15) is 18.8 Å². The lowest BCUT2D eigenvalue weighted by Crippen LogP contribution is -2.11. The van der Waals surface area contributed by atoms with Crippen LogP contribution in [0, 0.1) is 5.82 Å². The first kappa shape index (κ1) is 20.9. The van der Waals surface area contributed by atoms with Crippen LogP contribution in [0.3, 0.4) is 0 Å². The van der Waals surface area contributed by atoms with E-state index in [4.69, 9.17) is 5.11 Å². The van der Waals surface area contributed by atoms with Gasteiger partial charge in [0, 0.05) is 41.0 Å². The fourth-order valence-electron chi connectivity index (χ4n) is 4.61. The Hall–Kier alpha value is -4.00. The summed E-state index contributed by atoms with van der Waals surface area (Å²) in [6.07, 6.45) is 3.73. The highest BCUT2D eigenvalue weighted by Gasteiger charge is 2.29. The number of H-pyrrole nitrogens is 1. The fraction of sp³-hybridized carbons (Fsp3) is 0.192. The molecule has 2 aromatic carbocycles. The monoisotopic (exact) mass is 444 g/mol. The van der Waals surface area contributed by atoms with E-state index in [0.717, 1.165) is 23.2 Å². The summed E-state index contributed by atoms with van der Waals surface area (Å²) in [7, 11) is 0. The summed E-state index contributed by atoms with van der Waals surface area (Å²) in [5.41, 5.74) is 6.14. The van der Waals surface area contributed by atoms with E-state index in [2.05, 4.69) is 10.3 Å². The third-order valence-corrected chi connectivity index (χ3v) is 6.18. The number of hydrogen-bond donors (Lipinski definition) is 3. The van der Waals surface area contributed by atoms with Crippen molar-refractivity contribution in [1.82, 2.24) is 4.98 Å². The summed E-state index contributed by atoms with van der Waals surface area (Å²) in [6.45, 7) is 0. The molecule has 0 bridgehead atoms. The summed E-state index contributed by atoms with van der Waals surface area (Å²) in [4.78, 5) is 39.8. The van der Waals surface area contributed by atoms with Gasteiger partial charge in [0.05, 0.1) is 5.57 Å². The van der Waals surface area contributed by atoms with Crippen LogP contribution in [0.2, 0.25) is 0 Å². The van der Waals surface area contributed by atoms with Gasteiger partial charge in [0.2, 0.25) is 0 Å². The molecule has 1 aliphatic carbocycles. The number of rotatable bonds is 5. The number of aromatic nitrogens is 1. The first-order chi connectivity index (χ1) is 15.9. The number of benzene rings is 2. The molecule has 0 spiro atoms. The number of carbonyl (C=O) groups excluding carboxylic acids is 2. The molecule has 5 rings (SSSR count). The molecule has 0 radical (unpaired) electrons. The number of fused-ring (bicyclic) bond motifs is 2. The van der Waals surface area contributed by atoms with Gasteiger partial charge in [-0.3, -0.25) is 14.4 Å². The quantitative estimate of drug-likeness (QED) is 0.490. The minimum atomic E-state index is -0.941. The number of amides is 1. The summed E-state index contributed by atoms with van der Waals surface area (Å²) in [5, 5.41) is 12.0. The summed E-state index contributed by atoms with van der Waals surface area (Å²) in [6, 6.07) is 11.7. The highest BCUT2D eigenvalue weighted by molar-refractivity contribution is 6.35. The van der Waals surface area contributed by atoms with Gasteiger partial charge in [0.25, 0.3) is 5.91 Å². The lowest BCUT2D eigenvalue weighted by molar-refractivity contribution is -0.137. The third-order valence-electron chi connectivity index (χ3n) is 6.18. The van der Waals surface area contributed by atoms with Gasteiger partial charge in [0.1, 0.15) is 5.82 Å². The first-order valence-electron chi connectivity index (χ1n) is 10.8. The maximum atomic E-state index is 13.3. The van der Waals surface area contributed by atoms with Crippen molar-refractivity contribution in [2.45, 2.75) is 32.1 Å². The van der Waals surface area contributed by atoms with Crippen molar-refractivity contribution in [3.8, 4) is 11.1 Å². The van der Waals surface area contributed by atoms with Crippen molar-refractivity contribution in [3.05, 3.63) is 76.4 Å². The van der Waals surface area contributed by atoms with Crippen molar-refractivity contribution in [1.29, 1.82) is 0 Å². The molecule has 1 aliphatic heterocycles. The van der Waals surface area contributed by atoms with Crippen molar-refractivity contribution in [2.24, 2.45) is 0 Å². The van der Waals surface area contributed by atoms with Crippen LogP contribution >= 0.6 is 0 Å². The number of nitrogens with one attached hydrogen (secondary N) is 2. The van der Waals surface area contributed by atoms with Crippen molar-refractivity contribution >= 4 is 35.0 Å². The van der Waals surface area contributed by atoms with E-state index in [1.54, 1.807) is 18.2 Å². The number of aromatic amines is 1. The largest absolute Gasteiger partial charge is 0.481 e. The van der Waals surface area contributed by atoms with Crippen molar-refractivity contribution in [2.75, 3.05) is 5.32 Å². The van der Waals surface area contributed by atoms with E-state index < -0.39 is 5.97 Å². The maximum Gasteiger partial charge on any atom is 0.303 e. The molecular formula is C26H21FN2O4. The second kappa shape index (κ2) is 8.16. The predicted molar refractivity (Wildman–Crippen MR) is 122 cm³/mol. The molecule has 3 N–H and O–H groups in total. The molecule has 7 heteroatoms. The second-order valence-electron chi connectivity index (χ2n) is 8.32. The van der Waals surface area contributed by atoms with Gasteiger partial charge >= 0.3 is 5.97 Å². The fourth-order valence-corrected chi connectivity index (χ4v) is 4.61. The number of carboxylic acids is 1. The Morgan fingerprint density at radius 3 is 2.58 bits per heavy atom. The molecule has 0 saturated carbocycles. The zero-order chi connectivity index (χ0) is 23.1. The number of aliphatic carboxylic acids is 1. The van der Waals surface area contributed by atoms with Crippen LogP contribution in [-0.2, 0) is 22.4 Å². The lowest BCUT2D eigenvalue weighted by Gasteiger charge is -2.11. The molecule has 0 fully saturated rings. The molecule has 2 aliphatic rings. The topological polar surface area (TPSA) is 99.3 Å². The van der Waals surface area contributed by atoms with E-state index in [1.807, 2.05) is 18.2 Å². The van der Waals surface area contributed by atoms with Gasteiger partial charge in [-0.1, -0.05) is 24.3 Å². The average Bonchev–Trinajstić information content (AvgIpc) is 3.30. The molecule has 3 aromatic rings. The maximum absolute atomic E-state index is 13.3. The molecule has 0 unspecified atom stereocenters. The molecular weight excluding hydrogens is 423 g/mol. The number of ketones is 1. The number of halogens is 1. The number of hydrogen-bond acceptors (Lipinski definition) is 3. The zero-order valence-corrected chi connectivity index (χ0v) is 17.7. The predicted octanol–water partition coefficient (Wildman–Crippen LogP) is 4.85. The van der Waals surface area contributed by atoms with Crippen molar-refractivity contribution in [3.63, 3.8) is 0 Å². The first-order valence-corrected chi connectivity index (χ1v) is 10.8. The van der Waals surface area contributed by atoms with Crippen LogP contribution in [0.15, 0.2) is 42.5 Å². The molecule has 166 valence electrons. The van der Waals surface area contributed by atoms with Crippen molar-refractivity contribution < 1.29 is 23.9 Å². The van der Waals surface area contributed by atoms with Gasteiger partial charge in [-0.05, 0) is 60.2 Å². The van der Waals surface area contributed by atoms with Gasteiger partial charge in [-0.15, -0.1) is 0 Å². The number of aryl methyl sites for hydroxylation is 1. The summed E-state index contributed by atoms with van der Waals surface area (Å²) in [5.74, 6) is -1.52. The van der Waals surface area contributed by atoms with Crippen LogP contribution in [0.5, 0.6) is 0 Å².